The molecule has 0 aliphatic heterocycles. The van der Waals surface area contributed by atoms with Gasteiger partial charge in [-0.25, -0.2) is 4.98 Å². The maximum atomic E-state index is 5.97. The van der Waals surface area contributed by atoms with E-state index in [2.05, 4.69) is 20.2 Å². The molecule has 94 valence electrons. The van der Waals surface area contributed by atoms with Gasteiger partial charge in [0.05, 0.1) is 0 Å². The summed E-state index contributed by atoms with van der Waals surface area (Å²) in [6.07, 6.45) is 3.40. The van der Waals surface area contributed by atoms with Crippen molar-refractivity contribution in [1.82, 2.24) is 20.2 Å². The number of aromatic amines is 1. The minimum Gasteiger partial charge on any atom is -0.265 e. The highest BCUT2D eigenvalue weighted by Gasteiger charge is 2.09. The number of pyridine rings is 1. The molecule has 0 amide bonds. The van der Waals surface area contributed by atoms with Crippen LogP contribution in [0.15, 0.2) is 42.7 Å². The summed E-state index contributed by atoms with van der Waals surface area (Å²) in [5, 5.41) is 8.16. The molecule has 0 aliphatic carbocycles. The lowest BCUT2D eigenvalue weighted by molar-refractivity contribution is 1.10. The first-order valence-corrected chi connectivity index (χ1v) is 6.27. The van der Waals surface area contributed by atoms with Crippen LogP contribution in [-0.2, 0) is 0 Å². The molecule has 0 unspecified atom stereocenters. The van der Waals surface area contributed by atoms with Crippen LogP contribution in [0, 0.1) is 0 Å². The Morgan fingerprint density at radius 1 is 0.895 bits per heavy atom. The van der Waals surface area contributed by atoms with Crippen LogP contribution in [0.1, 0.15) is 0 Å². The monoisotopic (exact) mass is 290 g/mol. The molecule has 0 radical (unpaired) electrons. The van der Waals surface area contributed by atoms with Gasteiger partial charge in [0.25, 0.3) is 0 Å². The van der Waals surface area contributed by atoms with Crippen molar-refractivity contribution >= 4 is 23.2 Å². The quantitative estimate of drug-likeness (QED) is 0.780. The molecule has 0 atom stereocenters. The zero-order chi connectivity index (χ0) is 13.2. The molecular formula is C13H8Cl2N4. The third-order valence-electron chi connectivity index (χ3n) is 2.56. The summed E-state index contributed by atoms with van der Waals surface area (Å²) in [6, 6.07) is 8.92. The second-order valence-electron chi connectivity index (χ2n) is 3.90. The van der Waals surface area contributed by atoms with Gasteiger partial charge in [-0.2, -0.15) is 5.10 Å². The average molecular weight is 291 g/mol. The summed E-state index contributed by atoms with van der Waals surface area (Å²) in [6.45, 7) is 0. The van der Waals surface area contributed by atoms with Gasteiger partial charge in [-0.3, -0.25) is 10.1 Å². The summed E-state index contributed by atoms with van der Waals surface area (Å²) < 4.78 is 0. The van der Waals surface area contributed by atoms with Crippen molar-refractivity contribution in [2.24, 2.45) is 0 Å². The van der Waals surface area contributed by atoms with Crippen LogP contribution in [0.2, 0.25) is 10.0 Å². The number of benzene rings is 1. The van der Waals surface area contributed by atoms with E-state index in [1.54, 1.807) is 30.6 Å². The Morgan fingerprint density at radius 2 is 1.58 bits per heavy atom. The molecular weight excluding hydrogens is 283 g/mol. The molecule has 0 saturated heterocycles. The van der Waals surface area contributed by atoms with Gasteiger partial charge in [0, 0.05) is 33.6 Å². The molecule has 4 nitrogen and oxygen atoms in total. The Bertz CT molecular complexity index is 689. The molecule has 0 aliphatic rings. The molecule has 1 N–H and O–H groups in total. The van der Waals surface area contributed by atoms with Gasteiger partial charge >= 0.3 is 0 Å². The molecule has 6 heteroatoms. The van der Waals surface area contributed by atoms with Crippen molar-refractivity contribution in [3.05, 3.63) is 52.8 Å². The normalized spacial score (nSPS) is 10.6. The topological polar surface area (TPSA) is 54.5 Å². The zero-order valence-electron chi connectivity index (χ0n) is 9.64. The van der Waals surface area contributed by atoms with E-state index in [4.69, 9.17) is 23.2 Å². The third kappa shape index (κ3) is 2.59. The van der Waals surface area contributed by atoms with Gasteiger partial charge in [0.1, 0.15) is 0 Å². The van der Waals surface area contributed by atoms with E-state index in [1.807, 2.05) is 12.1 Å². The smallest absolute Gasteiger partial charge is 0.181 e. The first-order chi connectivity index (χ1) is 9.22. The van der Waals surface area contributed by atoms with Crippen LogP contribution in [0.3, 0.4) is 0 Å². The van der Waals surface area contributed by atoms with Crippen molar-refractivity contribution in [3.63, 3.8) is 0 Å². The van der Waals surface area contributed by atoms with E-state index in [9.17, 15) is 0 Å². The van der Waals surface area contributed by atoms with Gasteiger partial charge in [-0.05, 0) is 30.3 Å². The van der Waals surface area contributed by atoms with Crippen molar-refractivity contribution < 1.29 is 0 Å². The van der Waals surface area contributed by atoms with Crippen LogP contribution in [-0.4, -0.2) is 20.2 Å². The summed E-state index contributed by atoms with van der Waals surface area (Å²) in [5.74, 6) is 1.23. The van der Waals surface area contributed by atoms with Crippen LogP contribution >= 0.6 is 23.2 Å². The van der Waals surface area contributed by atoms with Crippen LogP contribution in [0.4, 0.5) is 0 Å². The largest absolute Gasteiger partial charge is 0.265 e. The fourth-order valence-corrected chi connectivity index (χ4v) is 2.24. The lowest BCUT2D eigenvalue weighted by Gasteiger charge is -1.98. The average Bonchev–Trinajstić information content (AvgIpc) is 2.88. The predicted octanol–water partition coefficient (Wildman–Crippen LogP) is 3.84. The van der Waals surface area contributed by atoms with Crippen LogP contribution in [0.5, 0.6) is 0 Å². The van der Waals surface area contributed by atoms with Crippen molar-refractivity contribution in [1.29, 1.82) is 0 Å². The standard InChI is InChI=1S/C13H8Cl2N4/c14-10-5-9(6-11(15)7-10)13-17-12(18-19-13)8-1-3-16-4-2-8/h1-7H,(H,17,18,19). The fourth-order valence-electron chi connectivity index (χ4n) is 1.71. The van der Waals surface area contributed by atoms with Crippen molar-refractivity contribution in [2.75, 3.05) is 0 Å². The van der Waals surface area contributed by atoms with Crippen molar-refractivity contribution in [3.8, 4) is 22.8 Å². The highest BCUT2D eigenvalue weighted by Crippen LogP contribution is 2.26. The maximum absolute atomic E-state index is 5.97. The Labute approximate surface area is 119 Å². The third-order valence-corrected chi connectivity index (χ3v) is 3.00. The maximum Gasteiger partial charge on any atom is 0.181 e. The molecule has 19 heavy (non-hydrogen) atoms. The van der Waals surface area contributed by atoms with Crippen LogP contribution < -0.4 is 0 Å². The molecule has 2 aromatic heterocycles. The minimum atomic E-state index is 0.552. The molecule has 0 fully saturated rings. The van der Waals surface area contributed by atoms with Gasteiger partial charge in [0.2, 0.25) is 0 Å². The SMILES string of the molecule is Clc1cc(Cl)cc(-c2n[nH]c(-c3ccncc3)n2)c1. The number of H-pyrrole nitrogens is 1. The van der Waals surface area contributed by atoms with Crippen molar-refractivity contribution in [2.45, 2.75) is 0 Å². The second kappa shape index (κ2) is 4.99. The molecule has 3 rings (SSSR count). The van der Waals surface area contributed by atoms with E-state index in [1.165, 1.54) is 0 Å². The highest BCUT2D eigenvalue weighted by molar-refractivity contribution is 6.35. The first-order valence-electron chi connectivity index (χ1n) is 5.51. The van der Waals surface area contributed by atoms with E-state index in [-0.39, 0.29) is 0 Å². The Morgan fingerprint density at radius 3 is 2.26 bits per heavy atom. The molecule has 0 spiro atoms. The number of hydrogen-bond donors (Lipinski definition) is 1. The molecule has 3 aromatic rings. The molecule has 0 saturated carbocycles. The van der Waals surface area contributed by atoms with Gasteiger partial charge in [-0.15, -0.1) is 0 Å². The zero-order valence-corrected chi connectivity index (χ0v) is 11.2. The molecule has 0 bridgehead atoms. The fraction of sp³-hybridized carbons (Fsp3) is 0. The number of aromatic nitrogens is 4. The summed E-state index contributed by atoms with van der Waals surface area (Å²) >= 11 is 11.9. The lowest BCUT2D eigenvalue weighted by atomic mass is 10.2. The van der Waals surface area contributed by atoms with E-state index >= 15 is 0 Å². The molecule has 1 aromatic carbocycles. The summed E-state index contributed by atoms with van der Waals surface area (Å²) in [4.78, 5) is 8.38. The summed E-state index contributed by atoms with van der Waals surface area (Å²) in [5.41, 5.74) is 1.69. The second-order valence-corrected chi connectivity index (χ2v) is 4.77. The van der Waals surface area contributed by atoms with Gasteiger partial charge < -0.3 is 0 Å². The van der Waals surface area contributed by atoms with Gasteiger partial charge in [0.15, 0.2) is 11.6 Å². The van der Waals surface area contributed by atoms with E-state index < -0.39 is 0 Å². The number of nitrogens with one attached hydrogen (secondary N) is 1. The number of hydrogen-bond acceptors (Lipinski definition) is 3. The lowest BCUT2D eigenvalue weighted by Crippen LogP contribution is -1.82. The number of rotatable bonds is 2. The predicted molar refractivity (Wildman–Crippen MR) is 75.1 cm³/mol. The van der Waals surface area contributed by atoms with Crippen LogP contribution in [0.25, 0.3) is 22.8 Å². The highest BCUT2D eigenvalue weighted by atomic mass is 35.5. The Balaban J connectivity index is 2.02. The Kier molecular flexibility index (Phi) is 3.19. The van der Waals surface area contributed by atoms with E-state index in [0.717, 1.165) is 11.1 Å². The number of halogens is 2. The Hall–Kier alpha value is -1.91. The summed E-state index contributed by atoms with van der Waals surface area (Å²) in [7, 11) is 0. The minimum absolute atomic E-state index is 0.552. The van der Waals surface area contributed by atoms with E-state index in [0.29, 0.717) is 21.7 Å². The first kappa shape index (κ1) is 12.1. The molecule has 2 heterocycles. The van der Waals surface area contributed by atoms with Gasteiger partial charge in [-0.1, -0.05) is 23.2 Å². The number of nitrogens with zero attached hydrogens (tertiary/aromatic N) is 3.